The summed E-state index contributed by atoms with van der Waals surface area (Å²) in [6.45, 7) is 3.34. The molecule has 3 rings (SSSR count). The van der Waals surface area contributed by atoms with Crippen molar-refractivity contribution >= 4 is 16.9 Å². The molecule has 0 aromatic heterocycles. The summed E-state index contributed by atoms with van der Waals surface area (Å²) in [5.74, 6) is 0.866. The Morgan fingerprint density at radius 2 is 2.13 bits per heavy atom. The number of hydrogen-bond acceptors (Lipinski definition) is 3. The predicted octanol–water partition coefficient (Wildman–Crippen LogP) is 3.22. The zero-order valence-electron chi connectivity index (χ0n) is 9.28. The number of thioether (sulfide) groups is 1. The first kappa shape index (κ1) is 9.76. The van der Waals surface area contributed by atoms with Gasteiger partial charge in [-0.2, -0.15) is 0 Å². The van der Waals surface area contributed by atoms with Gasteiger partial charge in [0.25, 0.3) is 0 Å². The van der Waals surface area contributed by atoms with Crippen molar-refractivity contribution < 1.29 is 0 Å². The van der Waals surface area contributed by atoms with E-state index in [1.807, 2.05) is 0 Å². The lowest BCUT2D eigenvalue weighted by Gasteiger charge is -2.26. The Labute approximate surface area is 95.8 Å². The SMILES string of the molecule is CC1=CSC2=NC(C3CCCCC3)CN12. The molecule has 0 aromatic rings. The lowest BCUT2D eigenvalue weighted by atomic mass is 9.84. The Balaban J connectivity index is 1.69. The molecule has 0 N–H and O–H groups in total. The second-order valence-corrected chi connectivity index (χ2v) is 5.70. The number of amidine groups is 1. The highest BCUT2D eigenvalue weighted by Crippen LogP contribution is 2.36. The van der Waals surface area contributed by atoms with E-state index < -0.39 is 0 Å². The first-order chi connectivity index (χ1) is 7.34. The molecule has 1 saturated carbocycles. The van der Waals surface area contributed by atoms with Crippen LogP contribution in [0.3, 0.4) is 0 Å². The van der Waals surface area contributed by atoms with Crippen molar-refractivity contribution in [2.75, 3.05) is 6.54 Å². The molecule has 0 spiro atoms. The quantitative estimate of drug-likeness (QED) is 0.677. The molecule has 0 saturated heterocycles. The van der Waals surface area contributed by atoms with Crippen LogP contribution in [0.5, 0.6) is 0 Å². The van der Waals surface area contributed by atoms with Crippen LogP contribution in [-0.4, -0.2) is 22.7 Å². The minimum atomic E-state index is 0.594. The number of allylic oxidation sites excluding steroid dienone is 1. The first-order valence-electron chi connectivity index (χ1n) is 6.03. The van der Waals surface area contributed by atoms with Gasteiger partial charge in [-0.05, 0) is 31.1 Å². The molecule has 2 nitrogen and oxygen atoms in total. The Bertz CT molecular complexity index is 316. The molecule has 3 aliphatic rings. The van der Waals surface area contributed by atoms with Crippen LogP contribution in [0.2, 0.25) is 0 Å². The molecule has 0 radical (unpaired) electrons. The third kappa shape index (κ3) is 1.71. The second kappa shape index (κ2) is 3.85. The standard InChI is InChI=1S/C12H18N2S/c1-9-8-15-12-13-11(7-14(9)12)10-5-3-2-4-6-10/h8,10-11H,2-7H2,1H3. The molecule has 0 amide bonds. The average Bonchev–Trinajstić information content (AvgIpc) is 2.83. The van der Waals surface area contributed by atoms with E-state index in [0.29, 0.717) is 6.04 Å². The Kier molecular flexibility index (Phi) is 2.51. The van der Waals surface area contributed by atoms with Crippen LogP contribution in [0, 0.1) is 5.92 Å². The summed E-state index contributed by atoms with van der Waals surface area (Å²) in [6, 6.07) is 0.594. The van der Waals surface area contributed by atoms with Crippen molar-refractivity contribution in [3.8, 4) is 0 Å². The van der Waals surface area contributed by atoms with Gasteiger partial charge in [0, 0.05) is 12.2 Å². The summed E-state index contributed by atoms with van der Waals surface area (Å²) in [5.41, 5.74) is 1.39. The highest BCUT2D eigenvalue weighted by molar-refractivity contribution is 8.16. The first-order valence-corrected chi connectivity index (χ1v) is 6.91. The molecule has 2 aliphatic heterocycles. The molecule has 2 heterocycles. The Morgan fingerprint density at radius 1 is 1.33 bits per heavy atom. The smallest absolute Gasteiger partial charge is 0.168 e. The molecule has 3 heteroatoms. The van der Waals surface area contributed by atoms with Crippen molar-refractivity contribution in [1.82, 2.24) is 4.90 Å². The van der Waals surface area contributed by atoms with E-state index in [4.69, 9.17) is 4.99 Å². The minimum absolute atomic E-state index is 0.594. The summed E-state index contributed by atoms with van der Waals surface area (Å²) in [6.07, 6.45) is 7.10. The highest BCUT2D eigenvalue weighted by atomic mass is 32.2. The Morgan fingerprint density at radius 3 is 2.87 bits per heavy atom. The summed E-state index contributed by atoms with van der Waals surface area (Å²) in [5, 5.41) is 3.47. The summed E-state index contributed by atoms with van der Waals surface area (Å²) < 4.78 is 0. The van der Waals surface area contributed by atoms with E-state index in [-0.39, 0.29) is 0 Å². The average molecular weight is 222 g/mol. The predicted molar refractivity (Wildman–Crippen MR) is 65.9 cm³/mol. The van der Waals surface area contributed by atoms with Crippen LogP contribution in [0.15, 0.2) is 16.1 Å². The topological polar surface area (TPSA) is 15.6 Å². The molecular weight excluding hydrogens is 204 g/mol. The van der Waals surface area contributed by atoms with E-state index in [0.717, 1.165) is 12.5 Å². The van der Waals surface area contributed by atoms with Crippen LogP contribution in [0.4, 0.5) is 0 Å². The maximum atomic E-state index is 4.88. The molecule has 1 fully saturated rings. The fourth-order valence-corrected chi connectivity index (χ4v) is 3.83. The van der Waals surface area contributed by atoms with E-state index in [1.165, 1.54) is 43.0 Å². The van der Waals surface area contributed by atoms with Gasteiger partial charge in [0.2, 0.25) is 0 Å². The van der Waals surface area contributed by atoms with Gasteiger partial charge in [-0.3, -0.25) is 4.99 Å². The molecule has 1 atom stereocenters. The lowest BCUT2D eigenvalue weighted by Crippen LogP contribution is -2.28. The zero-order chi connectivity index (χ0) is 10.3. The maximum absolute atomic E-state index is 4.88. The van der Waals surface area contributed by atoms with Crippen molar-refractivity contribution in [2.45, 2.75) is 45.1 Å². The van der Waals surface area contributed by atoms with Gasteiger partial charge in [-0.15, -0.1) is 0 Å². The number of aliphatic imine (C=N–C) groups is 1. The Hall–Kier alpha value is -0.440. The minimum Gasteiger partial charge on any atom is -0.322 e. The fraction of sp³-hybridized carbons (Fsp3) is 0.750. The fourth-order valence-electron chi connectivity index (χ4n) is 2.88. The summed E-state index contributed by atoms with van der Waals surface area (Å²) in [7, 11) is 0. The van der Waals surface area contributed by atoms with Gasteiger partial charge in [-0.1, -0.05) is 31.0 Å². The third-order valence-electron chi connectivity index (χ3n) is 3.83. The molecule has 1 aliphatic carbocycles. The van der Waals surface area contributed by atoms with Crippen molar-refractivity contribution in [3.05, 3.63) is 11.1 Å². The van der Waals surface area contributed by atoms with Crippen LogP contribution < -0.4 is 0 Å². The highest BCUT2D eigenvalue weighted by Gasteiger charge is 2.34. The molecular formula is C12H18N2S. The van der Waals surface area contributed by atoms with Gasteiger partial charge in [0.1, 0.15) is 0 Å². The molecule has 1 unspecified atom stereocenters. The zero-order valence-corrected chi connectivity index (χ0v) is 10.1. The number of nitrogens with zero attached hydrogens (tertiary/aromatic N) is 2. The normalized spacial score (nSPS) is 31.5. The van der Waals surface area contributed by atoms with E-state index >= 15 is 0 Å². The van der Waals surface area contributed by atoms with Crippen molar-refractivity contribution in [2.24, 2.45) is 10.9 Å². The summed E-state index contributed by atoms with van der Waals surface area (Å²) >= 11 is 1.80. The van der Waals surface area contributed by atoms with Gasteiger partial charge in [-0.25, -0.2) is 0 Å². The van der Waals surface area contributed by atoms with E-state index in [9.17, 15) is 0 Å². The van der Waals surface area contributed by atoms with E-state index in [1.54, 1.807) is 11.8 Å². The van der Waals surface area contributed by atoms with Crippen molar-refractivity contribution in [3.63, 3.8) is 0 Å². The molecule has 15 heavy (non-hydrogen) atoms. The number of hydrogen-bond donors (Lipinski definition) is 0. The lowest BCUT2D eigenvalue weighted by molar-refractivity contribution is 0.295. The molecule has 82 valence electrons. The van der Waals surface area contributed by atoms with Crippen LogP contribution in [-0.2, 0) is 0 Å². The second-order valence-electron chi connectivity index (χ2n) is 4.86. The van der Waals surface area contributed by atoms with Gasteiger partial charge < -0.3 is 4.90 Å². The van der Waals surface area contributed by atoms with Crippen LogP contribution >= 0.6 is 11.8 Å². The molecule has 0 bridgehead atoms. The van der Waals surface area contributed by atoms with Crippen LogP contribution in [0.1, 0.15) is 39.0 Å². The van der Waals surface area contributed by atoms with Crippen molar-refractivity contribution in [1.29, 1.82) is 0 Å². The van der Waals surface area contributed by atoms with E-state index in [2.05, 4.69) is 17.2 Å². The maximum Gasteiger partial charge on any atom is 0.168 e. The summed E-state index contributed by atoms with van der Waals surface area (Å²) in [4.78, 5) is 7.27. The van der Waals surface area contributed by atoms with Gasteiger partial charge >= 0.3 is 0 Å². The molecule has 0 aromatic carbocycles. The largest absolute Gasteiger partial charge is 0.322 e. The van der Waals surface area contributed by atoms with Crippen LogP contribution in [0.25, 0.3) is 0 Å². The number of rotatable bonds is 1. The van der Waals surface area contributed by atoms with Gasteiger partial charge in [0.15, 0.2) is 5.17 Å². The third-order valence-corrected chi connectivity index (χ3v) is 4.83. The monoisotopic (exact) mass is 222 g/mol. The number of fused-ring (bicyclic) bond motifs is 1. The van der Waals surface area contributed by atoms with Gasteiger partial charge in [0.05, 0.1) is 6.04 Å².